The van der Waals surface area contributed by atoms with Gasteiger partial charge in [-0.3, -0.25) is 0 Å². The smallest absolute Gasteiger partial charge is 0.354 e. The monoisotopic (exact) mass is 406 g/mol. The van der Waals surface area contributed by atoms with Crippen molar-refractivity contribution < 1.29 is 38.4 Å². The van der Waals surface area contributed by atoms with Gasteiger partial charge in [0.25, 0.3) is 0 Å². The summed E-state index contributed by atoms with van der Waals surface area (Å²) in [7, 11) is 3.74. The number of hydrogen-bond donors (Lipinski definition) is 3. The second-order valence-corrected chi connectivity index (χ2v) is 6.47. The molecular weight excluding hydrogens is 384 g/mol. The molecule has 2 atom stereocenters. The Morgan fingerprint density at radius 1 is 1.21 bits per heavy atom. The normalized spacial score (nSPS) is 20.4. The van der Waals surface area contributed by atoms with Gasteiger partial charge in [-0.25, -0.2) is 14.4 Å². The lowest BCUT2D eigenvalue weighted by Crippen LogP contribution is -2.49. The SMILES string of the molecule is CCOC(=O)c1cc2cc(OC)c3c(c2[nH]1)[C@@](O)(C(=O)OC)C[C@@H](C(=O)OC)N3. The van der Waals surface area contributed by atoms with Gasteiger partial charge in [0, 0.05) is 17.4 Å². The maximum atomic E-state index is 12.6. The Morgan fingerprint density at radius 3 is 2.52 bits per heavy atom. The summed E-state index contributed by atoms with van der Waals surface area (Å²) in [5, 5.41) is 14.8. The second kappa shape index (κ2) is 7.63. The summed E-state index contributed by atoms with van der Waals surface area (Å²) >= 11 is 0. The third-order valence-corrected chi connectivity index (χ3v) is 4.84. The van der Waals surface area contributed by atoms with Gasteiger partial charge < -0.3 is 34.4 Å². The van der Waals surface area contributed by atoms with Gasteiger partial charge in [-0.1, -0.05) is 0 Å². The van der Waals surface area contributed by atoms with Gasteiger partial charge in [0.15, 0.2) is 5.60 Å². The fraction of sp³-hybridized carbons (Fsp3) is 0.421. The molecule has 0 aliphatic carbocycles. The Labute approximate surface area is 166 Å². The zero-order chi connectivity index (χ0) is 21.3. The molecule has 156 valence electrons. The molecule has 10 heteroatoms. The number of hydrogen-bond acceptors (Lipinski definition) is 9. The van der Waals surface area contributed by atoms with Crippen LogP contribution in [0, 0.1) is 0 Å². The maximum Gasteiger partial charge on any atom is 0.354 e. The third kappa shape index (κ3) is 3.25. The number of carbonyl (C=O) groups excluding carboxylic acids is 3. The first kappa shape index (κ1) is 20.5. The van der Waals surface area contributed by atoms with Gasteiger partial charge in [0.05, 0.1) is 39.1 Å². The molecule has 0 radical (unpaired) electrons. The highest BCUT2D eigenvalue weighted by atomic mass is 16.5. The van der Waals surface area contributed by atoms with Gasteiger partial charge in [0.1, 0.15) is 17.5 Å². The molecule has 0 fully saturated rings. The van der Waals surface area contributed by atoms with Crippen molar-refractivity contribution in [2.45, 2.75) is 25.0 Å². The summed E-state index contributed by atoms with van der Waals surface area (Å²) in [5.41, 5.74) is -1.43. The molecule has 0 spiro atoms. The Balaban J connectivity index is 2.31. The van der Waals surface area contributed by atoms with Crippen LogP contribution in [0.2, 0.25) is 0 Å². The Morgan fingerprint density at radius 2 is 1.93 bits per heavy atom. The van der Waals surface area contributed by atoms with Crippen LogP contribution in [0.5, 0.6) is 5.75 Å². The average Bonchev–Trinajstić information content (AvgIpc) is 3.15. The van der Waals surface area contributed by atoms with Crippen LogP contribution in [0.1, 0.15) is 29.4 Å². The molecule has 3 rings (SSSR count). The Hall–Kier alpha value is -3.27. The molecule has 0 saturated carbocycles. The highest BCUT2D eigenvalue weighted by Gasteiger charge is 2.50. The van der Waals surface area contributed by atoms with E-state index >= 15 is 0 Å². The van der Waals surface area contributed by atoms with Crippen molar-refractivity contribution in [3.05, 3.63) is 23.4 Å². The molecule has 2 aromatic rings. The number of rotatable bonds is 5. The highest BCUT2D eigenvalue weighted by Crippen LogP contribution is 2.47. The Kier molecular flexibility index (Phi) is 5.38. The first-order valence-electron chi connectivity index (χ1n) is 8.87. The maximum absolute atomic E-state index is 12.6. The lowest BCUT2D eigenvalue weighted by molar-refractivity contribution is -0.166. The summed E-state index contributed by atoms with van der Waals surface area (Å²) in [6, 6.07) is 2.11. The minimum atomic E-state index is -2.20. The molecule has 1 aromatic carbocycles. The van der Waals surface area contributed by atoms with Crippen LogP contribution in [0.3, 0.4) is 0 Å². The van der Waals surface area contributed by atoms with E-state index in [2.05, 4.69) is 10.3 Å². The number of fused-ring (bicyclic) bond motifs is 3. The van der Waals surface area contributed by atoms with Crippen molar-refractivity contribution in [3.63, 3.8) is 0 Å². The zero-order valence-electron chi connectivity index (χ0n) is 16.5. The summed E-state index contributed by atoms with van der Waals surface area (Å²) in [5.74, 6) is -1.96. The number of aliphatic hydroxyl groups is 1. The molecule has 0 amide bonds. The van der Waals surface area contributed by atoms with Crippen molar-refractivity contribution in [2.75, 3.05) is 33.3 Å². The van der Waals surface area contributed by atoms with E-state index in [4.69, 9.17) is 18.9 Å². The number of benzene rings is 1. The molecule has 1 aromatic heterocycles. The number of aromatic amines is 1. The van der Waals surface area contributed by atoms with E-state index in [1.807, 2.05) is 0 Å². The van der Waals surface area contributed by atoms with Crippen LogP contribution in [0.25, 0.3) is 10.9 Å². The number of ether oxygens (including phenoxy) is 4. The predicted molar refractivity (Wildman–Crippen MR) is 101 cm³/mol. The topological polar surface area (TPSA) is 136 Å². The summed E-state index contributed by atoms with van der Waals surface area (Å²) in [6.07, 6.45) is -0.338. The van der Waals surface area contributed by atoms with Crippen LogP contribution in [-0.4, -0.2) is 62.0 Å². The van der Waals surface area contributed by atoms with E-state index in [0.717, 1.165) is 7.11 Å². The first-order valence-corrected chi connectivity index (χ1v) is 8.87. The fourth-order valence-corrected chi connectivity index (χ4v) is 3.55. The molecule has 1 aliphatic rings. The van der Waals surface area contributed by atoms with Crippen molar-refractivity contribution in [2.24, 2.45) is 0 Å². The number of H-pyrrole nitrogens is 1. The van der Waals surface area contributed by atoms with E-state index in [-0.39, 0.29) is 35.7 Å². The minimum Gasteiger partial charge on any atom is -0.495 e. The molecule has 1 aliphatic heterocycles. The molecular formula is C19H22N2O8. The quantitative estimate of drug-likeness (QED) is 0.492. The molecule has 29 heavy (non-hydrogen) atoms. The van der Waals surface area contributed by atoms with Crippen LogP contribution in [-0.2, 0) is 29.4 Å². The number of nitrogens with one attached hydrogen (secondary N) is 2. The summed E-state index contributed by atoms with van der Waals surface area (Å²) in [6.45, 7) is 1.86. The fourth-order valence-electron chi connectivity index (χ4n) is 3.55. The van der Waals surface area contributed by atoms with Crippen molar-refractivity contribution in [3.8, 4) is 5.75 Å². The molecule has 0 saturated heterocycles. The molecule has 0 unspecified atom stereocenters. The summed E-state index contributed by atoms with van der Waals surface area (Å²) < 4.78 is 20.0. The summed E-state index contributed by atoms with van der Waals surface area (Å²) in [4.78, 5) is 39.8. The van der Waals surface area contributed by atoms with Crippen LogP contribution in [0.4, 0.5) is 5.69 Å². The molecule has 3 N–H and O–H groups in total. The number of esters is 3. The molecule has 10 nitrogen and oxygen atoms in total. The van der Waals surface area contributed by atoms with Crippen LogP contribution in [0.15, 0.2) is 12.1 Å². The van der Waals surface area contributed by atoms with Crippen LogP contribution < -0.4 is 10.1 Å². The third-order valence-electron chi connectivity index (χ3n) is 4.84. The van der Waals surface area contributed by atoms with Crippen LogP contribution >= 0.6 is 0 Å². The highest BCUT2D eigenvalue weighted by molar-refractivity contribution is 6.03. The van der Waals surface area contributed by atoms with E-state index < -0.39 is 29.6 Å². The largest absolute Gasteiger partial charge is 0.495 e. The lowest BCUT2D eigenvalue weighted by Gasteiger charge is -2.37. The first-order chi connectivity index (χ1) is 13.8. The predicted octanol–water partition coefficient (Wildman–Crippen LogP) is 1.07. The van der Waals surface area contributed by atoms with Gasteiger partial charge >= 0.3 is 17.9 Å². The number of methoxy groups -OCH3 is 3. The zero-order valence-corrected chi connectivity index (χ0v) is 16.5. The van der Waals surface area contributed by atoms with E-state index in [0.29, 0.717) is 10.9 Å². The number of carbonyl (C=O) groups is 3. The minimum absolute atomic E-state index is 0.106. The lowest BCUT2D eigenvalue weighted by atomic mass is 9.81. The van der Waals surface area contributed by atoms with Crippen molar-refractivity contribution >= 4 is 34.5 Å². The van der Waals surface area contributed by atoms with E-state index in [1.54, 1.807) is 13.0 Å². The van der Waals surface area contributed by atoms with Crippen molar-refractivity contribution in [1.29, 1.82) is 0 Å². The number of anilines is 1. The molecule has 0 bridgehead atoms. The molecule has 2 heterocycles. The van der Waals surface area contributed by atoms with Gasteiger partial charge in [-0.05, 0) is 19.1 Å². The number of aromatic nitrogens is 1. The van der Waals surface area contributed by atoms with Crippen molar-refractivity contribution in [1.82, 2.24) is 4.98 Å². The Bertz CT molecular complexity index is 982. The standard InChI is InChI=1S/C19H22N2O8/c1-5-29-17(23)10-6-9-7-12(26-2)15-13(14(9)20-10)19(25,18(24)28-4)8-11(21-15)16(22)27-3/h6-7,11,20-21,25H,5,8H2,1-4H3/t11-,19+/m0/s1. The van der Waals surface area contributed by atoms with Gasteiger partial charge in [-0.15, -0.1) is 0 Å². The van der Waals surface area contributed by atoms with E-state index in [9.17, 15) is 19.5 Å². The average molecular weight is 406 g/mol. The second-order valence-electron chi connectivity index (χ2n) is 6.47. The van der Waals surface area contributed by atoms with Gasteiger partial charge in [-0.2, -0.15) is 0 Å². The van der Waals surface area contributed by atoms with E-state index in [1.165, 1.54) is 20.3 Å². The van der Waals surface area contributed by atoms with Gasteiger partial charge in [0.2, 0.25) is 0 Å².